The molecule has 172 valence electrons. The number of aromatic nitrogens is 4. The van der Waals surface area contributed by atoms with E-state index >= 15 is 0 Å². The highest BCUT2D eigenvalue weighted by Gasteiger charge is 2.24. The van der Waals surface area contributed by atoms with Crippen LogP contribution in [0.1, 0.15) is 11.1 Å². The van der Waals surface area contributed by atoms with E-state index in [4.69, 9.17) is 4.98 Å². The molecule has 2 aliphatic heterocycles. The third-order valence-corrected chi connectivity index (χ3v) is 7.67. The highest BCUT2D eigenvalue weighted by Crippen LogP contribution is 2.38. The number of nitriles is 1. The van der Waals surface area contributed by atoms with Crippen molar-refractivity contribution in [3.05, 3.63) is 47.5 Å². The highest BCUT2D eigenvalue weighted by atomic mass is 32.1. The van der Waals surface area contributed by atoms with Crippen molar-refractivity contribution in [1.82, 2.24) is 30.6 Å². The number of anilines is 2. The van der Waals surface area contributed by atoms with Gasteiger partial charge in [-0.3, -0.25) is 4.90 Å². The van der Waals surface area contributed by atoms with Crippen LogP contribution < -0.4 is 15.1 Å². The molecule has 4 aromatic rings. The number of hydrogen-bond donors (Lipinski definition) is 1. The molecule has 0 spiro atoms. The molecular weight excluding hydrogens is 446 g/mol. The average molecular weight is 472 g/mol. The summed E-state index contributed by atoms with van der Waals surface area (Å²) in [5, 5.41) is 26.9. The van der Waals surface area contributed by atoms with Crippen molar-refractivity contribution >= 4 is 43.4 Å². The van der Waals surface area contributed by atoms with Crippen LogP contribution in [0.4, 0.5) is 11.6 Å². The molecule has 1 N–H and O–H groups in total. The molecule has 0 radical (unpaired) electrons. The van der Waals surface area contributed by atoms with Gasteiger partial charge in [-0.25, -0.2) is 4.98 Å². The number of hydrogen-bond acceptors (Lipinski definition) is 10. The van der Waals surface area contributed by atoms with Gasteiger partial charge in [-0.15, -0.1) is 21.5 Å². The Balaban J connectivity index is 1.29. The number of nitrogens with zero attached hydrogens (tertiary/aromatic N) is 8. The zero-order chi connectivity index (χ0) is 22.9. The van der Waals surface area contributed by atoms with Crippen molar-refractivity contribution in [2.45, 2.75) is 6.54 Å². The summed E-state index contributed by atoms with van der Waals surface area (Å²) in [6.45, 7) is 8.14. The number of fused-ring (bicyclic) bond motifs is 3. The maximum atomic E-state index is 9.94. The molecule has 3 aromatic heterocycles. The van der Waals surface area contributed by atoms with Crippen LogP contribution >= 0.6 is 11.3 Å². The van der Waals surface area contributed by atoms with Crippen LogP contribution in [0.5, 0.6) is 0 Å². The van der Waals surface area contributed by atoms with Gasteiger partial charge in [0.15, 0.2) is 5.82 Å². The van der Waals surface area contributed by atoms with Gasteiger partial charge >= 0.3 is 0 Å². The average Bonchev–Trinajstić information content (AvgIpc) is 3.27. The molecule has 0 amide bonds. The lowest BCUT2D eigenvalue weighted by atomic mass is 10.1. The van der Waals surface area contributed by atoms with Gasteiger partial charge in [0.1, 0.15) is 26.9 Å². The Kier molecular flexibility index (Phi) is 5.66. The van der Waals surface area contributed by atoms with Gasteiger partial charge in [-0.1, -0.05) is 30.3 Å². The van der Waals surface area contributed by atoms with Crippen LogP contribution in [-0.4, -0.2) is 77.7 Å². The Hall–Kier alpha value is -3.39. The van der Waals surface area contributed by atoms with E-state index in [0.29, 0.717) is 5.56 Å². The summed E-state index contributed by atoms with van der Waals surface area (Å²) in [6.07, 6.45) is 0. The van der Waals surface area contributed by atoms with Crippen LogP contribution in [0.15, 0.2) is 36.4 Å². The standard InChI is InChI=1S/C24H25N9S/c25-15-18-14-19-20-21(23(29-30-28-20)32-8-6-26-7-9-32)34-24(19)27-22(18)33-12-10-31(11-13-33)16-17-4-2-1-3-5-17/h1-5,14,26H,6-13,16H2. The molecule has 0 unspecified atom stereocenters. The fourth-order valence-corrected chi connectivity index (χ4v) is 5.87. The van der Waals surface area contributed by atoms with Crippen molar-refractivity contribution < 1.29 is 0 Å². The van der Waals surface area contributed by atoms with E-state index in [1.165, 1.54) is 5.56 Å². The first kappa shape index (κ1) is 21.2. The second-order valence-electron chi connectivity index (χ2n) is 8.70. The van der Waals surface area contributed by atoms with Crippen LogP contribution in [0, 0.1) is 11.3 Å². The van der Waals surface area contributed by atoms with Gasteiger partial charge < -0.3 is 15.1 Å². The molecule has 2 saturated heterocycles. The van der Waals surface area contributed by atoms with Gasteiger partial charge in [-0.05, 0) is 16.8 Å². The van der Waals surface area contributed by atoms with Crippen molar-refractivity contribution in [3.63, 3.8) is 0 Å². The minimum atomic E-state index is 0.589. The van der Waals surface area contributed by atoms with E-state index in [2.05, 4.69) is 71.8 Å². The van der Waals surface area contributed by atoms with Gasteiger partial charge in [0.25, 0.3) is 0 Å². The molecule has 2 fully saturated rings. The quantitative estimate of drug-likeness (QED) is 0.480. The Bertz CT molecular complexity index is 1350. The lowest BCUT2D eigenvalue weighted by Crippen LogP contribution is -2.46. The van der Waals surface area contributed by atoms with Gasteiger partial charge in [0.05, 0.1) is 5.56 Å². The van der Waals surface area contributed by atoms with Gasteiger partial charge in [0, 0.05) is 64.3 Å². The lowest BCUT2D eigenvalue weighted by molar-refractivity contribution is 0.249. The minimum Gasteiger partial charge on any atom is -0.353 e. The van der Waals surface area contributed by atoms with Gasteiger partial charge in [-0.2, -0.15) is 5.26 Å². The van der Waals surface area contributed by atoms with Crippen molar-refractivity contribution in [2.24, 2.45) is 0 Å². The molecule has 34 heavy (non-hydrogen) atoms. The lowest BCUT2D eigenvalue weighted by Gasteiger charge is -2.35. The number of benzene rings is 1. The zero-order valence-corrected chi connectivity index (χ0v) is 19.6. The summed E-state index contributed by atoms with van der Waals surface area (Å²) in [7, 11) is 0. The first-order valence-electron chi connectivity index (χ1n) is 11.6. The Morgan fingerprint density at radius 3 is 2.47 bits per heavy atom. The van der Waals surface area contributed by atoms with Crippen LogP contribution in [-0.2, 0) is 6.54 Å². The predicted molar refractivity (Wildman–Crippen MR) is 134 cm³/mol. The molecule has 0 saturated carbocycles. The van der Waals surface area contributed by atoms with E-state index in [-0.39, 0.29) is 0 Å². The normalized spacial score (nSPS) is 17.4. The van der Waals surface area contributed by atoms with E-state index < -0.39 is 0 Å². The molecule has 10 heteroatoms. The third kappa shape index (κ3) is 3.92. The molecule has 0 bridgehead atoms. The fourth-order valence-electron chi connectivity index (χ4n) is 4.77. The SMILES string of the molecule is N#Cc1cc2c(nc1N1CCN(Cc3ccccc3)CC1)sc1c(N3CCNCC3)nnnc12. The summed E-state index contributed by atoms with van der Waals surface area (Å²) < 4.78 is 0.994. The van der Waals surface area contributed by atoms with Gasteiger partial charge in [0.2, 0.25) is 0 Å². The number of pyridine rings is 1. The maximum Gasteiger partial charge on any atom is 0.172 e. The molecule has 6 rings (SSSR count). The molecular formula is C24H25N9S. The number of piperazine rings is 2. The fraction of sp³-hybridized carbons (Fsp3) is 0.375. The first-order valence-corrected chi connectivity index (χ1v) is 12.5. The Labute approximate surface area is 201 Å². The summed E-state index contributed by atoms with van der Waals surface area (Å²) in [6, 6.07) is 14.9. The monoisotopic (exact) mass is 471 g/mol. The highest BCUT2D eigenvalue weighted by molar-refractivity contribution is 7.26. The van der Waals surface area contributed by atoms with E-state index in [0.717, 1.165) is 91.0 Å². The molecule has 5 heterocycles. The van der Waals surface area contributed by atoms with E-state index in [1.54, 1.807) is 11.3 Å². The van der Waals surface area contributed by atoms with E-state index in [9.17, 15) is 5.26 Å². The minimum absolute atomic E-state index is 0.589. The summed E-state index contributed by atoms with van der Waals surface area (Å²) in [4.78, 5) is 12.8. The zero-order valence-electron chi connectivity index (χ0n) is 18.8. The number of nitrogens with one attached hydrogen (secondary N) is 1. The number of thiophene rings is 1. The largest absolute Gasteiger partial charge is 0.353 e. The smallest absolute Gasteiger partial charge is 0.172 e. The molecule has 0 aliphatic carbocycles. The van der Waals surface area contributed by atoms with Crippen LogP contribution in [0.3, 0.4) is 0 Å². The Morgan fingerprint density at radius 2 is 1.71 bits per heavy atom. The molecule has 2 aliphatic rings. The summed E-state index contributed by atoms with van der Waals surface area (Å²) in [5.41, 5.74) is 2.70. The Morgan fingerprint density at radius 1 is 0.941 bits per heavy atom. The van der Waals surface area contributed by atoms with Crippen molar-refractivity contribution in [1.29, 1.82) is 5.26 Å². The maximum absolute atomic E-state index is 9.94. The predicted octanol–water partition coefficient (Wildman–Crippen LogP) is 2.24. The second-order valence-corrected chi connectivity index (χ2v) is 9.70. The van der Waals surface area contributed by atoms with Crippen molar-refractivity contribution in [2.75, 3.05) is 62.2 Å². The van der Waals surface area contributed by atoms with Crippen molar-refractivity contribution in [3.8, 4) is 6.07 Å². The second kappa shape index (κ2) is 9.10. The summed E-state index contributed by atoms with van der Waals surface area (Å²) in [5.74, 6) is 1.63. The first-order chi connectivity index (χ1) is 16.8. The molecule has 0 atom stereocenters. The molecule has 9 nitrogen and oxygen atoms in total. The molecule has 1 aromatic carbocycles. The number of rotatable bonds is 4. The topological polar surface area (TPSA) is 97.1 Å². The van der Waals surface area contributed by atoms with E-state index in [1.807, 2.05) is 6.07 Å². The van der Waals surface area contributed by atoms with Crippen LogP contribution in [0.25, 0.3) is 20.4 Å². The summed E-state index contributed by atoms with van der Waals surface area (Å²) >= 11 is 1.60. The third-order valence-electron chi connectivity index (χ3n) is 6.58. The van der Waals surface area contributed by atoms with Crippen LogP contribution in [0.2, 0.25) is 0 Å².